The molecule has 0 spiro atoms. The average molecular weight is 375 g/mol. The lowest BCUT2D eigenvalue weighted by Gasteiger charge is -2.15. The number of amides is 1. The fraction of sp³-hybridized carbons (Fsp3) is 0.227. The average Bonchev–Trinajstić information content (AvgIpc) is 3.09. The molecule has 2 heterocycles. The number of nitrogens with zero attached hydrogens (tertiary/aromatic N) is 2. The van der Waals surface area contributed by atoms with E-state index in [1.807, 2.05) is 37.3 Å². The van der Waals surface area contributed by atoms with Crippen LogP contribution in [0.1, 0.15) is 31.0 Å². The Bertz CT molecular complexity index is 1210. The summed E-state index contributed by atoms with van der Waals surface area (Å²) in [6.07, 6.45) is 2.37. The standard InChI is InChI=1S/C22H21N3O3/c1-3-15-8-10-16(11-9-15)14(2)24-19(26)12-25-13-23-20-17-6-4-5-7-18(17)28-21(20)22(25)27/h4-11,13-14H,3,12H2,1-2H3,(H,24,26). The zero-order chi connectivity index (χ0) is 19.7. The van der Waals surface area contributed by atoms with Crippen molar-refractivity contribution in [3.63, 3.8) is 0 Å². The van der Waals surface area contributed by atoms with Crippen molar-refractivity contribution in [2.75, 3.05) is 0 Å². The summed E-state index contributed by atoms with van der Waals surface area (Å²) < 4.78 is 6.92. The number of hydrogen-bond donors (Lipinski definition) is 1. The smallest absolute Gasteiger partial charge is 0.297 e. The van der Waals surface area contributed by atoms with Crippen LogP contribution in [0.5, 0.6) is 0 Å². The van der Waals surface area contributed by atoms with Crippen LogP contribution in [0.3, 0.4) is 0 Å². The van der Waals surface area contributed by atoms with Gasteiger partial charge in [0.1, 0.15) is 17.6 Å². The quantitative estimate of drug-likeness (QED) is 0.578. The van der Waals surface area contributed by atoms with Gasteiger partial charge in [-0.3, -0.25) is 14.2 Å². The zero-order valence-corrected chi connectivity index (χ0v) is 15.8. The molecule has 0 aliphatic rings. The van der Waals surface area contributed by atoms with Crippen LogP contribution in [0.15, 0.2) is 64.1 Å². The van der Waals surface area contributed by atoms with Crippen LogP contribution < -0.4 is 10.9 Å². The van der Waals surface area contributed by atoms with Gasteiger partial charge in [0.05, 0.1) is 12.4 Å². The van der Waals surface area contributed by atoms with Gasteiger partial charge >= 0.3 is 0 Å². The topological polar surface area (TPSA) is 77.1 Å². The highest BCUT2D eigenvalue weighted by atomic mass is 16.3. The summed E-state index contributed by atoms with van der Waals surface area (Å²) >= 11 is 0. The van der Waals surface area contributed by atoms with Gasteiger partial charge in [0.15, 0.2) is 0 Å². The maximum Gasteiger partial charge on any atom is 0.297 e. The zero-order valence-electron chi connectivity index (χ0n) is 15.8. The predicted octanol–water partition coefficient (Wildman–Crippen LogP) is 3.58. The lowest BCUT2D eigenvalue weighted by Crippen LogP contribution is -2.33. The molecule has 2 aromatic heterocycles. The summed E-state index contributed by atoms with van der Waals surface area (Å²) in [5.74, 6) is -0.258. The van der Waals surface area contributed by atoms with Crippen molar-refractivity contribution in [2.24, 2.45) is 0 Å². The minimum atomic E-state index is -0.365. The Balaban J connectivity index is 1.53. The summed E-state index contributed by atoms with van der Waals surface area (Å²) in [4.78, 5) is 29.5. The van der Waals surface area contributed by atoms with Crippen LogP contribution in [0.4, 0.5) is 0 Å². The van der Waals surface area contributed by atoms with E-state index in [0.717, 1.165) is 17.4 Å². The van der Waals surface area contributed by atoms with Gasteiger partial charge in [-0.2, -0.15) is 0 Å². The van der Waals surface area contributed by atoms with Gasteiger partial charge in [-0.1, -0.05) is 43.3 Å². The van der Waals surface area contributed by atoms with Crippen molar-refractivity contribution in [3.8, 4) is 0 Å². The van der Waals surface area contributed by atoms with Crippen LogP contribution in [0.25, 0.3) is 22.1 Å². The van der Waals surface area contributed by atoms with Crippen molar-refractivity contribution in [2.45, 2.75) is 32.9 Å². The molecule has 0 saturated carbocycles. The first-order valence-electron chi connectivity index (χ1n) is 9.31. The molecular formula is C22H21N3O3. The molecular weight excluding hydrogens is 354 g/mol. The molecule has 4 rings (SSSR count). The molecule has 6 heteroatoms. The molecule has 142 valence electrons. The molecule has 0 radical (unpaired) electrons. The monoisotopic (exact) mass is 375 g/mol. The second-order valence-corrected chi connectivity index (χ2v) is 6.84. The van der Waals surface area contributed by atoms with Gasteiger partial charge in [0.25, 0.3) is 5.56 Å². The van der Waals surface area contributed by atoms with Gasteiger partial charge in [0, 0.05) is 5.39 Å². The highest BCUT2D eigenvalue weighted by Gasteiger charge is 2.15. The largest absolute Gasteiger partial charge is 0.448 e. The second kappa shape index (κ2) is 7.31. The van der Waals surface area contributed by atoms with Crippen LogP contribution in [0.2, 0.25) is 0 Å². The van der Waals surface area contributed by atoms with Gasteiger partial charge in [-0.05, 0) is 36.6 Å². The third kappa shape index (κ3) is 3.29. The van der Waals surface area contributed by atoms with Crippen molar-refractivity contribution in [1.82, 2.24) is 14.9 Å². The third-order valence-electron chi connectivity index (χ3n) is 4.93. The molecule has 0 fully saturated rings. The first-order chi connectivity index (χ1) is 13.6. The number of rotatable bonds is 5. The minimum Gasteiger partial charge on any atom is -0.448 e. The molecule has 0 aliphatic carbocycles. The number of aryl methyl sites for hydroxylation is 1. The molecule has 1 N–H and O–H groups in total. The van der Waals surface area contributed by atoms with Crippen molar-refractivity contribution < 1.29 is 9.21 Å². The molecule has 0 saturated heterocycles. The van der Waals surface area contributed by atoms with E-state index in [4.69, 9.17) is 4.42 Å². The Morgan fingerprint density at radius 3 is 2.68 bits per heavy atom. The molecule has 1 amide bonds. The van der Waals surface area contributed by atoms with Crippen LogP contribution in [0, 0.1) is 0 Å². The SMILES string of the molecule is CCc1ccc(C(C)NC(=O)Cn2cnc3c(oc4ccccc43)c2=O)cc1. The summed E-state index contributed by atoms with van der Waals surface area (Å²) in [7, 11) is 0. The number of hydrogen-bond acceptors (Lipinski definition) is 4. The minimum absolute atomic E-state index is 0.115. The van der Waals surface area contributed by atoms with Crippen LogP contribution >= 0.6 is 0 Å². The van der Waals surface area contributed by atoms with E-state index < -0.39 is 0 Å². The second-order valence-electron chi connectivity index (χ2n) is 6.84. The number of para-hydroxylation sites is 1. The van der Waals surface area contributed by atoms with Crippen molar-refractivity contribution in [3.05, 3.63) is 76.3 Å². The number of carbonyl (C=O) groups excluding carboxylic acids is 1. The lowest BCUT2D eigenvalue weighted by molar-refractivity contribution is -0.122. The number of aromatic nitrogens is 2. The number of fused-ring (bicyclic) bond motifs is 3. The Morgan fingerprint density at radius 1 is 1.18 bits per heavy atom. The third-order valence-corrected chi connectivity index (χ3v) is 4.93. The Morgan fingerprint density at radius 2 is 1.93 bits per heavy atom. The molecule has 1 atom stereocenters. The molecule has 1 unspecified atom stereocenters. The van der Waals surface area contributed by atoms with Crippen molar-refractivity contribution in [1.29, 1.82) is 0 Å². The van der Waals surface area contributed by atoms with E-state index in [1.54, 1.807) is 6.07 Å². The molecule has 0 bridgehead atoms. The van der Waals surface area contributed by atoms with E-state index in [-0.39, 0.29) is 29.6 Å². The highest BCUT2D eigenvalue weighted by molar-refractivity contribution is 6.01. The molecule has 6 nitrogen and oxygen atoms in total. The predicted molar refractivity (Wildman–Crippen MR) is 108 cm³/mol. The normalized spacial score (nSPS) is 12.4. The first-order valence-corrected chi connectivity index (χ1v) is 9.31. The van der Waals surface area contributed by atoms with Gasteiger partial charge in [-0.25, -0.2) is 4.98 Å². The Labute approximate surface area is 161 Å². The van der Waals surface area contributed by atoms with Gasteiger partial charge in [0.2, 0.25) is 11.5 Å². The van der Waals surface area contributed by atoms with Crippen LogP contribution in [-0.4, -0.2) is 15.5 Å². The number of nitrogens with one attached hydrogen (secondary N) is 1. The first kappa shape index (κ1) is 18.0. The van der Waals surface area contributed by atoms with E-state index >= 15 is 0 Å². The van der Waals surface area contributed by atoms with E-state index in [9.17, 15) is 9.59 Å². The highest BCUT2D eigenvalue weighted by Crippen LogP contribution is 2.24. The van der Waals surface area contributed by atoms with E-state index in [2.05, 4.69) is 29.4 Å². The van der Waals surface area contributed by atoms with Gasteiger partial charge in [-0.15, -0.1) is 0 Å². The summed E-state index contributed by atoms with van der Waals surface area (Å²) in [6, 6.07) is 15.3. The van der Waals surface area contributed by atoms with Crippen molar-refractivity contribution >= 4 is 28.0 Å². The summed E-state index contributed by atoms with van der Waals surface area (Å²) in [5, 5.41) is 3.71. The van der Waals surface area contributed by atoms with Gasteiger partial charge < -0.3 is 9.73 Å². The fourth-order valence-electron chi connectivity index (χ4n) is 3.30. The van der Waals surface area contributed by atoms with Crippen LogP contribution in [-0.2, 0) is 17.8 Å². The van der Waals surface area contributed by atoms with E-state index in [0.29, 0.717) is 11.1 Å². The number of carbonyl (C=O) groups is 1. The molecule has 0 aliphatic heterocycles. The van der Waals surface area contributed by atoms with E-state index in [1.165, 1.54) is 16.5 Å². The lowest BCUT2D eigenvalue weighted by atomic mass is 10.1. The Kier molecular flexibility index (Phi) is 4.69. The maximum absolute atomic E-state index is 12.7. The number of furan rings is 1. The molecule has 28 heavy (non-hydrogen) atoms. The Hall–Kier alpha value is -3.41. The number of benzene rings is 2. The molecule has 4 aromatic rings. The fourth-order valence-corrected chi connectivity index (χ4v) is 3.30. The summed E-state index contributed by atoms with van der Waals surface area (Å²) in [5.41, 5.74) is 3.19. The summed E-state index contributed by atoms with van der Waals surface area (Å²) in [6.45, 7) is 3.91. The molecule has 2 aromatic carbocycles. The maximum atomic E-state index is 12.7.